The van der Waals surface area contributed by atoms with Gasteiger partial charge in [-0.3, -0.25) is 14.4 Å². The fraction of sp³-hybridized carbons (Fsp3) is 0.579. The van der Waals surface area contributed by atoms with Crippen LogP contribution in [0.25, 0.3) is 0 Å². The standard InChI is InChI=1S/C19H28N4O3/c1-14-7-10-23(11-8-14)12-15-4-5-18(26-15)19(24)21-16(13-25-3)17-6-9-20-22(17)2/h4-6,9,14,16H,7-8,10-13H2,1-3H3,(H,21,24). The Morgan fingerprint density at radius 2 is 2.15 bits per heavy atom. The zero-order valence-electron chi connectivity index (χ0n) is 15.8. The summed E-state index contributed by atoms with van der Waals surface area (Å²) in [6.07, 6.45) is 4.14. The third-order valence-corrected chi connectivity index (χ3v) is 5.00. The van der Waals surface area contributed by atoms with Crippen LogP contribution in [0.5, 0.6) is 0 Å². The van der Waals surface area contributed by atoms with Gasteiger partial charge in [0.05, 0.1) is 24.9 Å². The van der Waals surface area contributed by atoms with Crippen molar-refractivity contribution in [1.82, 2.24) is 20.0 Å². The highest BCUT2D eigenvalue weighted by Gasteiger charge is 2.22. The highest BCUT2D eigenvalue weighted by Crippen LogP contribution is 2.20. The van der Waals surface area contributed by atoms with Crippen LogP contribution in [0.3, 0.4) is 0 Å². The van der Waals surface area contributed by atoms with E-state index in [0.717, 1.165) is 37.0 Å². The molecule has 0 saturated carbocycles. The number of aryl methyl sites for hydroxylation is 1. The Bertz CT molecular complexity index is 716. The summed E-state index contributed by atoms with van der Waals surface area (Å²) in [5.74, 6) is 1.71. The molecule has 26 heavy (non-hydrogen) atoms. The van der Waals surface area contributed by atoms with Crippen molar-refractivity contribution in [2.24, 2.45) is 13.0 Å². The van der Waals surface area contributed by atoms with Crippen LogP contribution >= 0.6 is 0 Å². The number of piperidine rings is 1. The van der Waals surface area contributed by atoms with Crippen molar-refractivity contribution in [2.75, 3.05) is 26.8 Å². The summed E-state index contributed by atoms with van der Waals surface area (Å²) < 4.78 is 12.8. The second kappa shape index (κ2) is 8.51. The molecule has 1 saturated heterocycles. The monoisotopic (exact) mass is 360 g/mol. The Morgan fingerprint density at radius 1 is 1.38 bits per heavy atom. The highest BCUT2D eigenvalue weighted by atomic mass is 16.5. The van der Waals surface area contributed by atoms with E-state index in [0.29, 0.717) is 12.4 Å². The van der Waals surface area contributed by atoms with Gasteiger partial charge in [0.1, 0.15) is 5.76 Å². The molecule has 2 aromatic heterocycles. The molecule has 1 unspecified atom stereocenters. The van der Waals surface area contributed by atoms with Crippen molar-refractivity contribution in [1.29, 1.82) is 0 Å². The zero-order chi connectivity index (χ0) is 18.5. The van der Waals surface area contributed by atoms with Crippen molar-refractivity contribution in [3.8, 4) is 0 Å². The van der Waals surface area contributed by atoms with Crippen molar-refractivity contribution >= 4 is 5.91 Å². The number of rotatable bonds is 7. The zero-order valence-corrected chi connectivity index (χ0v) is 15.8. The van der Waals surface area contributed by atoms with Gasteiger partial charge in [-0.05, 0) is 50.0 Å². The fourth-order valence-corrected chi connectivity index (χ4v) is 3.35. The van der Waals surface area contributed by atoms with E-state index in [2.05, 4.69) is 22.2 Å². The van der Waals surface area contributed by atoms with Crippen LogP contribution in [0.15, 0.2) is 28.8 Å². The molecule has 1 N–H and O–H groups in total. The van der Waals surface area contributed by atoms with E-state index in [9.17, 15) is 4.79 Å². The number of nitrogens with one attached hydrogen (secondary N) is 1. The first-order valence-electron chi connectivity index (χ1n) is 9.15. The molecule has 142 valence electrons. The van der Waals surface area contributed by atoms with Gasteiger partial charge in [-0.15, -0.1) is 0 Å². The molecule has 1 atom stereocenters. The summed E-state index contributed by atoms with van der Waals surface area (Å²) in [4.78, 5) is 15.0. The van der Waals surface area contributed by atoms with Crippen LogP contribution in [0.2, 0.25) is 0 Å². The number of amides is 1. The molecule has 1 amide bonds. The number of methoxy groups -OCH3 is 1. The SMILES string of the molecule is COCC(NC(=O)c1ccc(CN2CCC(C)CC2)o1)c1ccnn1C. The number of furan rings is 1. The van der Waals surface area contributed by atoms with Crippen LogP contribution in [0.4, 0.5) is 0 Å². The van der Waals surface area contributed by atoms with E-state index in [1.54, 1.807) is 24.1 Å². The molecule has 0 radical (unpaired) electrons. The predicted molar refractivity (Wildman–Crippen MR) is 97.7 cm³/mol. The molecule has 3 rings (SSSR count). The summed E-state index contributed by atoms with van der Waals surface area (Å²) in [5.41, 5.74) is 0.884. The molecule has 0 bridgehead atoms. The summed E-state index contributed by atoms with van der Waals surface area (Å²) >= 11 is 0. The molecule has 0 spiro atoms. The number of ether oxygens (including phenoxy) is 1. The minimum atomic E-state index is -0.280. The smallest absolute Gasteiger partial charge is 0.287 e. The van der Waals surface area contributed by atoms with Crippen LogP contribution in [0, 0.1) is 5.92 Å². The minimum absolute atomic E-state index is 0.244. The van der Waals surface area contributed by atoms with Gasteiger partial charge in [0, 0.05) is 20.4 Å². The van der Waals surface area contributed by atoms with Gasteiger partial charge in [-0.1, -0.05) is 6.92 Å². The Balaban J connectivity index is 1.61. The fourth-order valence-electron chi connectivity index (χ4n) is 3.35. The lowest BCUT2D eigenvalue weighted by molar-refractivity contribution is 0.0860. The number of likely N-dealkylation sites (tertiary alicyclic amines) is 1. The van der Waals surface area contributed by atoms with Crippen LogP contribution in [-0.4, -0.2) is 47.4 Å². The molecule has 3 heterocycles. The van der Waals surface area contributed by atoms with Gasteiger partial charge in [0.25, 0.3) is 5.91 Å². The van der Waals surface area contributed by atoms with E-state index < -0.39 is 0 Å². The quantitative estimate of drug-likeness (QED) is 0.821. The van der Waals surface area contributed by atoms with Gasteiger partial charge in [0.2, 0.25) is 0 Å². The van der Waals surface area contributed by atoms with Gasteiger partial charge in [0.15, 0.2) is 5.76 Å². The van der Waals surface area contributed by atoms with Gasteiger partial charge in [-0.25, -0.2) is 0 Å². The van der Waals surface area contributed by atoms with E-state index >= 15 is 0 Å². The second-order valence-corrected chi connectivity index (χ2v) is 7.09. The van der Waals surface area contributed by atoms with Gasteiger partial charge in [-0.2, -0.15) is 5.10 Å². The number of hydrogen-bond donors (Lipinski definition) is 1. The minimum Gasteiger partial charge on any atom is -0.455 e. The molecule has 0 aromatic carbocycles. The third kappa shape index (κ3) is 4.53. The first-order chi connectivity index (χ1) is 12.6. The van der Waals surface area contributed by atoms with Crippen molar-refractivity contribution in [3.05, 3.63) is 41.6 Å². The first-order valence-corrected chi connectivity index (χ1v) is 9.15. The molecule has 1 aliphatic heterocycles. The van der Waals surface area contributed by atoms with E-state index in [4.69, 9.17) is 9.15 Å². The van der Waals surface area contributed by atoms with Crippen LogP contribution < -0.4 is 5.32 Å². The Hall–Kier alpha value is -2.12. The number of aromatic nitrogens is 2. The number of hydrogen-bond acceptors (Lipinski definition) is 5. The third-order valence-electron chi connectivity index (χ3n) is 5.00. The van der Waals surface area contributed by atoms with E-state index in [1.807, 2.05) is 19.2 Å². The van der Waals surface area contributed by atoms with Gasteiger partial charge < -0.3 is 14.5 Å². The topological polar surface area (TPSA) is 72.5 Å². The van der Waals surface area contributed by atoms with Crippen LogP contribution in [0.1, 0.15) is 47.8 Å². The molecule has 1 fully saturated rings. The average molecular weight is 360 g/mol. The Morgan fingerprint density at radius 3 is 2.81 bits per heavy atom. The highest BCUT2D eigenvalue weighted by molar-refractivity contribution is 5.91. The number of nitrogens with zero attached hydrogens (tertiary/aromatic N) is 3. The molecule has 2 aromatic rings. The number of carbonyl (C=O) groups excluding carboxylic acids is 1. The molecule has 1 aliphatic rings. The van der Waals surface area contributed by atoms with Crippen molar-refractivity contribution in [2.45, 2.75) is 32.4 Å². The maximum atomic E-state index is 12.6. The lowest BCUT2D eigenvalue weighted by Gasteiger charge is -2.29. The summed E-state index contributed by atoms with van der Waals surface area (Å²) in [6, 6.07) is 5.22. The molecule has 7 heteroatoms. The van der Waals surface area contributed by atoms with Crippen molar-refractivity contribution < 1.29 is 13.9 Å². The number of carbonyl (C=O) groups is 1. The summed E-state index contributed by atoms with van der Waals surface area (Å²) in [6.45, 7) is 5.58. The maximum Gasteiger partial charge on any atom is 0.287 e. The second-order valence-electron chi connectivity index (χ2n) is 7.09. The van der Waals surface area contributed by atoms with Crippen molar-refractivity contribution in [3.63, 3.8) is 0 Å². The van der Waals surface area contributed by atoms with E-state index in [-0.39, 0.29) is 11.9 Å². The normalized spacial score (nSPS) is 17.3. The summed E-state index contributed by atoms with van der Waals surface area (Å²) in [7, 11) is 3.45. The molecular weight excluding hydrogens is 332 g/mol. The Kier molecular flexibility index (Phi) is 6.11. The molecule has 7 nitrogen and oxygen atoms in total. The predicted octanol–water partition coefficient (Wildman–Crippen LogP) is 2.36. The first kappa shape index (κ1) is 18.7. The average Bonchev–Trinajstić information content (AvgIpc) is 3.25. The molecular formula is C19H28N4O3. The van der Waals surface area contributed by atoms with E-state index in [1.165, 1.54) is 12.8 Å². The largest absolute Gasteiger partial charge is 0.455 e. The maximum absolute atomic E-state index is 12.6. The van der Waals surface area contributed by atoms with Gasteiger partial charge >= 0.3 is 0 Å². The van der Waals surface area contributed by atoms with Crippen LogP contribution in [-0.2, 0) is 18.3 Å². The Labute approximate surface area is 154 Å². The summed E-state index contributed by atoms with van der Waals surface area (Å²) in [5, 5.41) is 7.12. The molecule has 0 aliphatic carbocycles. The lowest BCUT2D eigenvalue weighted by atomic mass is 9.99. The lowest BCUT2D eigenvalue weighted by Crippen LogP contribution is -2.32.